The first kappa shape index (κ1) is 31.3. The van der Waals surface area contributed by atoms with Crippen molar-refractivity contribution < 1.29 is 19.4 Å². The smallest absolute Gasteiger partial charge is 0.303 e. The van der Waals surface area contributed by atoms with Crippen molar-refractivity contribution in [1.29, 1.82) is 0 Å². The Morgan fingerprint density at radius 2 is 1.71 bits per heavy atom. The summed E-state index contributed by atoms with van der Waals surface area (Å²) >= 11 is 0. The van der Waals surface area contributed by atoms with Crippen molar-refractivity contribution in [1.82, 2.24) is 14.8 Å². The van der Waals surface area contributed by atoms with Crippen LogP contribution in [0.1, 0.15) is 102 Å². The van der Waals surface area contributed by atoms with Gasteiger partial charge in [-0.2, -0.15) is 5.10 Å². The molecule has 4 saturated carbocycles. The van der Waals surface area contributed by atoms with Crippen molar-refractivity contribution in [3.05, 3.63) is 60.2 Å². The molecular weight excluding hydrogens is 564 g/mol. The van der Waals surface area contributed by atoms with Crippen LogP contribution in [0.15, 0.2) is 49.1 Å². The molecule has 1 amide bonds. The van der Waals surface area contributed by atoms with E-state index < -0.39 is 5.97 Å². The van der Waals surface area contributed by atoms with Gasteiger partial charge in [-0.3, -0.25) is 19.3 Å². The highest BCUT2D eigenvalue weighted by atomic mass is 16.5. The number of carbonyl (C=O) groups excluding carboxylic acids is 1. The fourth-order valence-corrected chi connectivity index (χ4v) is 8.36. The number of aliphatic carboxylic acids is 1. The van der Waals surface area contributed by atoms with E-state index in [1.807, 2.05) is 29.5 Å². The van der Waals surface area contributed by atoms with Gasteiger partial charge in [-0.15, -0.1) is 0 Å². The number of ether oxygens (including phenoxy) is 1. The first-order valence-corrected chi connectivity index (χ1v) is 16.8. The molecule has 45 heavy (non-hydrogen) atoms. The van der Waals surface area contributed by atoms with E-state index in [0.717, 1.165) is 86.8 Å². The van der Waals surface area contributed by atoms with Gasteiger partial charge in [-0.1, -0.05) is 12.1 Å². The number of nitrogens with zero attached hydrogens (tertiary/aromatic N) is 4. The largest absolute Gasteiger partial charge is 0.496 e. The molecule has 0 unspecified atom stereocenters. The Balaban J connectivity index is 1.25. The van der Waals surface area contributed by atoms with Gasteiger partial charge in [-0.05, 0) is 125 Å². The molecule has 8 nitrogen and oxygen atoms in total. The summed E-state index contributed by atoms with van der Waals surface area (Å²) in [5.74, 6) is 0.433. The summed E-state index contributed by atoms with van der Waals surface area (Å²) in [6.45, 7) is 7.04. The Kier molecular flexibility index (Phi) is 8.77. The summed E-state index contributed by atoms with van der Waals surface area (Å²) in [7, 11) is 1.73. The monoisotopic (exact) mass is 612 g/mol. The molecule has 0 spiro atoms. The summed E-state index contributed by atoms with van der Waals surface area (Å²) < 4.78 is 7.48. The highest BCUT2D eigenvalue weighted by Gasteiger charge is 2.50. The van der Waals surface area contributed by atoms with Crippen LogP contribution in [0.25, 0.3) is 11.1 Å². The average molecular weight is 613 g/mol. The number of hydrogen-bond donors (Lipinski definition) is 1. The number of carboxylic acid groups (broad SMARTS) is 1. The van der Waals surface area contributed by atoms with Gasteiger partial charge in [0.15, 0.2) is 0 Å². The van der Waals surface area contributed by atoms with Crippen LogP contribution in [0, 0.1) is 24.2 Å². The first-order valence-electron chi connectivity index (χ1n) is 16.8. The highest BCUT2D eigenvalue weighted by molar-refractivity contribution is 5.95. The Morgan fingerprint density at radius 1 is 1.00 bits per heavy atom. The van der Waals surface area contributed by atoms with E-state index in [1.165, 1.54) is 11.1 Å². The van der Waals surface area contributed by atoms with Crippen LogP contribution < -0.4 is 9.64 Å². The topological polar surface area (TPSA) is 97.6 Å². The fraction of sp³-hybridized carbons (Fsp3) is 0.568. The molecule has 2 bridgehead atoms. The number of aromatic nitrogens is 3. The Morgan fingerprint density at radius 3 is 2.31 bits per heavy atom. The lowest BCUT2D eigenvalue weighted by Crippen LogP contribution is -2.51. The van der Waals surface area contributed by atoms with Crippen molar-refractivity contribution in [2.24, 2.45) is 17.3 Å². The zero-order valence-electron chi connectivity index (χ0n) is 27.3. The molecule has 8 heteroatoms. The van der Waals surface area contributed by atoms with Crippen LogP contribution in [-0.2, 0) is 15.0 Å². The van der Waals surface area contributed by atoms with Crippen molar-refractivity contribution in [2.45, 2.75) is 103 Å². The number of carboxylic acids is 1. The van der Waals surface area contributed by atoms with Gasteiger partial charge in [-0.25, -0.2) is 0 Å². The molecule has 240 valence electrons. The summed E-state index contributed by atoms with van der Waals surface area (Å²) in [6, 6.07) is 9.07. The van der Waals surface area contributed by atoms with Gasteiger partial charge in [0, 0.05) is 48.4 Å². The van der Waals surface area contributed by atoms with Crippen LogP contribution in [0.4, 0.5) is 5.69 Å². The number of fused-ring (bicyclic) bond motifs is 3. The summed E-state index contributed by atoms with van der Waals surface area (Å²) in [4.78, 5) is 32.5. The molecule has 2 heterocycles. The minimum atomic E-state index is -0.746. The van der Waals surface area contributed by atoms with Gasteiger partial charge < -0.3 is 14.7 Å². The van der Waals surface area contributed by atoms with Gasteiger partial charge in [0.25, 0.3) is 0 Å². The molecule has 0 atom stereocenters. The molecular formula is C37H48N4O4. The second-order valence-electron chi connectivity index (χ2n) is 14.4. The summed E-state index contributed by atoms with van der Waals surface area (Å²) in [6.07, 6.45) is 17.6. The molecule has 4 aliphatic carbocycles. The second kappa shape index (κ2) is 12.6. The quantitative estimate of drug-likeness (QED) is 0.251. The number of amides is 1. The summed E-state index contributed by atoms with van der Waals surface area (Å²) in [5, 5.41) is 13.8. The third-order valence-corrected chi connectivity index (χ3v) is 11.3. The average Bonchev–Trinajstić information content (AvgIpc) is 3.56. The van der Waals surface area contributed by atoms with E-state index in [1.54, 1.807) is 7.11 Å². The number of hydrogen-bond acceptors (Lipinski definition) is 5. The molecule has 1 N–H and O–H groups in total. The molecule has 0 saturated heterocycles. The van der Waals surface area contributed by atoms with Crippen LogP contribution in [0.3, 0.4) is 0 Å². The van der Waals surface area contributed by atoms with Crippen molar-refractivity contribution >= 4 is 17.6 Å². The van der Waals surface area contributed by atoms with E-state index in [9.17, 15) is 14.7 Å². The van der Waals surface area contributed by atoms with Crippen LogP contribution in [-0.4, -0.2) is 45.4 Å². The maximum atomic E-state index is 14.4. The van der Waals surface area contributed by atoms with Gasteiger partial charge in [0.2, 0.25) is 5.91 Å². The van der Waals surface area contributed by atoms with E-state index in [2.05, 4.69) is 60.0 Å². The SMILES string of the molecule is COc1ccc(C23CCC(CN(C(=O)C4CCC(CC(=O)O)CC4)c4cncc(-c5cnn(C(C)C)c5)c4)(CC2)CC3)cc1C. The number of benzene rings is 1. The number of rotatable bonds is 10. The van der Waals surface area contributed by atoms with Gasteiger partial charge in [0.05, 0.1) is 25.2 Å². The van der Waals surface area contributed by atoms with Crippen molar-refractivity contribution in [3.8, 4) is 16.9 Å². The molecule has 0 radical (unpaired) electrons. The molecule has 1 aromatic carbocycles. The van der Waals surface area contributed by atoms with Gasteiger partial charge in [0.1, 0.15) is 5.75 Å². The fourth-order valence-electron chi connectivity index (χ4n) is 8.36. The maximum Gasteiger partial charge on any atom is 0.303 e. The number of methoxy groups -OCH3 is 1. The number of pyridine rings is 1. The summed E-state index contributed by atoms with van der Waals surface area (Å²) in [5.41, 5.74) is 5.71. The number of aryl methyl sites for hydroxylation is 1. The minimum absolute atomic E-state index is 0.0813. The zero-order chi connectivity index (χ0) is 31.8. The first-order chi connectivity index (χ1) is 21.6. The third kappa shape index (κ3) is 6.38. The Bertz CT molecular complexity index is 1510. The molecule has 7 rings (SSSR count). The molecule has 0 aliphatic heterocycles. The van der Waals surface area contributed by atoms with Gasteiger partial charge >= 0.3 is 5.97 Å². The van der Waals surface area contributed by atoms with Crippen LogP contribution in [0.5, 0.6) is 5.75 Å². The van der Waals surface area contributed by atoms with Crippen LogP contribution in [0.2, 0.25) is 0 Å². The zero-order valence-corrected chi connectivity index (χ0v) is 27.3. The Labute approximate surface area is 267 Å². The van der Waals surface area contributed by atoms with E-state index in [-0.39, 0.29) is 41.0 Å². The standard InChI is InChI=1S/C37H48N4O4/c1-25(2)41-23-30(21-39-41)29-19-32(22-38-20-29)40(35(44)28-7-5-27(6-8-28)18-34(42)43)24-36-11-14-37(15-12-36,16-13-36)31-9-10-33(45-4)26(3)17-31/h9-10,17,19-23,25,27-28H,5-8,11-16,18,24H2,1-4H3,(H,42,43). The van der Waals surface area contributed by atoms with Crippen molar-refractivity contribution in [2.75, 3.05) is 18.6 Å². The molecule has 4 aliphatic rings. The lowest BCUT2D eigenvalue weighted by atomic mass is 9.51. The lowest BCUT2D eigenvalue weighted by Gasteiger charge is -2.55. The lowest BCUT2D eigenvalue weighted by molar-refractivity contribution is -0.138. The third-order valence-electron chi connectivity index (χ3n) is 11.3. The number of carbonyl (C=O) groups is 2. The van der Waals surface area contributed by atoms with E-state index in [0.29, 0.717) is 6.54 Å². The number of anilines is 1. The van der Waals surface area contributed by atoms with Crippen molar-refractivity contribution in [3.63, 3.8) is 0 Å². The normalized spacial score (nSPS) is 26.2. The van der Waals surface area contributed by atoms with E-state index in [4.69, 9.17) is 4.74 Å². The molecule has 4 fully saturated rings. The minimum Gasteiger partial charge on any atom is -0.496 e. The predicted molar refractivity (Wildman–Crippen MR) is 175 cm³/mol. The maximum absolute atomic E-state index is 14.4. The van der Waals surface area contributed by atoms with E-state index >= 15 is 0 Å². The highest BCUT2D eigenvalue weighted by Crippen LogP contribution is 2.58. The predicted octanol–water partition coefficient (Wildman–Crippen LogP) is 7.75. The Hall–Kier alpha value is -3.68. The molecule has 2 aromatic heterocycles. The van der Waals surface area contributed by atoms with Crippen LogP contribution >= 0.6 is 0 Å². The molecule has 3 aromatic rings. The second-order valence-corrected chi connectivity index (χ2v) is 14.4.